The lowest BCUT2D eigenvalue weighted by Gasteiger charge is -2.20. The first-order valence-corrected chi connectivity index (χ1v) is 7.97. The summed E-state index contributed by atoms with van der Waals surface area (Å²) in [6.45, 7) is 0. The summed E-state index contributed by atoms with van der Waals surface area (Å²) in [6, 6.07) is 17.7. The van der Waals surface area contributed by atoms with E-state index >= 15 is 0 Å². The van der Waals surface area contributed by atoms with Crippen LogP contribution in [0.15, 0.2) is 66.2 Å². The molecule has 1 atom stereocenters. The highest BCUT2D eigenvalue weighted by Gasteiger charge is 2.20. The highest BCUT2D eigenvalue weighted by Crippen LogP contribution is 2.26. The molecule has 0 heterocycles. The van der Waals surface area contributed by atoms with Gasteiger partial charge in [0.2, 0.25) is 5.91 Å². The quantitative estimate of drug-likeness (QED) is 0.906. The monoisotopic (exact) mass is 307 g/mol. The molecule has 3 heteroatoms. The van der Waals surface area contributed by atoms with E-state index in [0.717, 1.165) is 41.7 Å². The first-order valence-electron chi connectivity index (χ1n) is 7.97. The van der Waals surface area contributed by atoms with Gasteiger partial charge in [-0.25, -0.2) is 0 Å². The van der Waals surface area contributed by atoms with Gasteiger partial charge in [0.05, 0.1) is 13.2 Å². The molecule has 2 aromatic rings. The van der Waals surface area contributed by atoms with E-state index in [-0.39, 0.29) is 11.9 Å². The Morgan fingerprint density at radius 1 is 1.04 bits per heavy atom. The summed E-state index contributed by atoms with van der Waals surface area (Å²) in [6.07, 6.45) is 4.99. The number of carbonyl (C=O) groups excluding carboxylic acids is 1. The van der Waals surface area contributed by atoms with Crippen molar-refractivity contribution >= 4 is 5.91 Å². The van der Waals surface area contributed by atoms with E-state index in [1.807, 2.05) is 60.7 Å². The van der Waals surface area contributed by atoms with Crippen molar-refractivity contribution in [3.63, 3.8) is 0 Å². The molecule has 1 unspecified atom stereocenters. The predicted molar refractivity (Wildman–Crippen MR) is 91.4 cm³/mol. The second-order valence-electron chi connectivity index (χ2n) is 5.71. The van der Waals surface area contributed by atoms with E-state index in [0.29, 0.717) is 0 Å². The van der Waals surface area contributed by atoms with Crippen LogP contribution in [0.3, 0.4) is 0 Å². The van der Waals surface area contributed by atoms with Crippen LogP contribution < -0.4 is 10.1 Å². The second kappa shape index (κ2) is 7.14. The molecule has 0 aromatic heterocycles. The number of allylic oxidation sites excluding steroid dienone is 1. The van der Waals surface area contributed by atoms with Crippen LogP contribution >= 0.6 is 0 Å². The molecule has 1 amide bonds. The van der Waals surface area contributed by atoms with Gasteiger partial charge in [0, 0.05) is 5.57 Å². The lowest BCUT2D eigenvalue weighted by Crippen LogP contribution is -2.30. The van der Waals surface area contributed by atoms with Gasteiger partial charge >= 0.3 is 0 Å². The molecule has 23 heavy (non-hydrogen) atoms. The van der Waals surface area contributed by atoms with Gasteiger partial charge in [0.15, 0.2) is 0 Å². The van der Waals surface area contributed by atoms with Crippen molar-refractivity contribution in [3.8, 4) is 5.75 Å². The molecule has 0 fully saturated rings. The van der Waals surface area contributed by atoms with Crippen molar-refractivity contribution in [2.75, 3.05) is 7.11 Å². The zero-order valence-electron chi connectivity index (χ0n) is 13.3. The summed E-state index contributed by atoms with van der Waals surface area (Å²) in [5.74, 6) is 0.845. The van der Waals surface area contributed by atoms with Gasteiger partial charge in [-0.3, -0.25) is 4.79 Å². The Morgan fingerprint density at radius 2 is 1.74 bits per heavy atom. The number of nitrogens with one attached hydrogen (secondary N) is 1. The second-order valence-corrected chi connectivity index (χ2v) is 5.71. The first-order chi connectivity index (χ1) is 11.3. The Morgan fingerprint density at radius 3 is 2.35 bits per heavy atom. The zero-order chi connectivity index (χ0) is 16.1. The minimum atomic E-state index is -0.156. The van der Waals surface area contributed by atoms with Crippen LogP contribution in [0.5, 0.6) is 5.75 Å². The summed E-state index contributed by atoms with van der Waals surface area (Å²) < 4.78 is 5.22. The number of hydrogen-bond acceptors (Lipinski definition) is 2. The highest BCUT2D eigenvalue weighted by atomic mass is 16.5. The number of ether oxygens (including phenoxy) is 1. The van der Waals surface area contributed by atoms with Crippen LogP contribution in [0.25, 0.3) is 0 Å². The van der Waals surface area contributed by atoms with E-state index in [2.05, 4.69) is 5.32 Å². The van der Waals surface area contributed by atoms with Gasteiger partial charge in [0.25, 0.3) is 0 Å². The van der Waals surface area contributed by atoms with Gasteiger partial charge in [-0.05, 0) is 42.5 Å². The molecular formula is C20H21NO2. The van der Waals surface area contributed by atoms with E-state index in [1.165, 1.54) is 0 Å². The molecule has 1 aliphatic rings. The topological polar surface area (TPSA) is 38.3 Å². The molecule has 0 spiro atoms. The van der Waals surface area contributed by atoms with Crippen LogP contribution in [0.2, 0.25) is 0 Å². The van der Waals surface area contributed by atoms with Crippen molar-refractivity contribution < 1.29 is 9.53 Å². The molecule has 0 aliphatic heterocycles. The lowest BCUT2D eigenvalue weighted by molar-refractivity contribution is -0.118. The summed E-state index contributed by atoms with van der Waals surface area (Å²) in [4.78, 5) is 12.5. The molecule has 2 aromatic carbocycles. The normalized spacial score (nSPS) is 14.9. The number of carbonyl (C=O) groups is 1. The molecule has 0 saturated heterocycles. The Balaban J connectivity index is 1.88. The van der Waals surface area contributed by atoms with Crippen molar-refractivity contribution in [3.05, 3.63) is 77.4 Å². The summed E-state index contributed by atoms with van der Waals surface area (Å²) in [7, 11) is 1.65. The summed E-state index contributed by atoms with van der Waals surface area (Å²) >= 11 is 0. The van der Waals surface area contributed by atoms with Crippen molar-refractivity contribution in [1.29, 1.82) is 0 Å². The smallest absolute Gasteiger partial charge is 0.247 e. The fourth-order valence-electron chi connectivity index (χ4n) is 2.90. The third-order valence-electron chi connectivity index (χ3n) is 4.19. The van der Waals surface area contributed by atoms with Crippen LogP contribution in [0.1, 0.15) is 36.4 Å². The fraction of sp³-hybridized carbons (Fsp3) is 0.250. The Labute approximate surface area is 137 Å². The third-order valence-corrected chi connectivity index (χ3v) is 4.19. The molecule has 0 radical (unpaired) electrons. The first kappa shape index (κ1) is 15.3. The third kappa shape index (κ3) is 3.62. The van der Waals surface area contributed by atoms with Crippen LogP contribution in [0, 0.1) is 0 Å². The molecule has 1 aliphatic carbocycles. The van der Waals surface area contributed by atoms with Gasteiger partial charge in [-0.15, -0.1) is 0 Å². The van der Waals surface area contributed by atoms with E-state index < -0.39 is 0 Å². The molecule has 3 rings (SSSR count). The maximum atomic E-state index is 12.5. The molecular weight excluding hydrogens is 286 g/mol. The summed E-state index contributed by atoms with van der Waals surface area (Å²) in [5.41, 5.74) is 3.02. The molecule has 1 N–H and O–H groups in total. The maximum Gasteiger partial charge on any atom is 0.247 e. The van der Waals surface area contributed by atoms with Gasteiger partial charge in [0.1, 0.15) is 5.75 Å². The minimum absolute atomic E-state index is 0.0344. The summed E-state index contributed by atoms with van der Waals surface area (Å²) in [5, 5.41) is 3.18. The number of benzene rings is 2. The molecule has 0 saturated carbocycles. The maximum absolute atomic E-state index is 12.5. The molecule has 118 valence electrons. The average molecular weight is 307 g/mol. The highest BCUT2D eigenvalue weighted by molar-refractivity contribution is 5.94. The minimum Gasteiger partial charge on any atom is -0.497 e. The lowest BCUT2D eigenvalue weighted by atomic mass is 9.98. The average Bonchev–Trinajstić information content (AvgIpc) is 3.15. The Hall–Kier alpha value is -2.55. The largest absolute Gasteiger partial charge is 0.497 e. The zero-order valence-corrected chi connectivity index (χ0v) is 13.3. The van der Waals surface area contributed by atoms with Gasteiger partial charge in [-0.1, -0.05) is 48.5 Å². The van der Waals surface area contributed by atoms with Gasteiger partial charge < -0.3 is 10.1 Å². The van der Waals surface area contributed by atoms with E-state index in [9.17, 15) is 4.79 Å². The fourth-order valence-corrected chi connectivity index (χ4v) is 2.90. The standard InChI is InChI=1S/C20H21NO2/c1-23-18-13-11-16(12-14-18)19(15-7-3-2-4-8-15)21-20(22)17-9-5-6-10-17/h2-4,7-9,11-14,19H,5-6,10H2,1H3,(H,21,22). The SMILES string of the molecule is COc1ccc(C(NC(=O)C2=CCCC2)c2ccccc2)cc1. The predicted octanol–water partition coefficient (Wildman–Crippen LogP) is 4.01. The van der Waals surface area contributed by atoms with Crippen molar-refractivity contribution in [2.45, 2.75) is 25.3 Å². The molecule has 0 bridgehead atoms. The van der Waals surface area contributed by atoms with Crippen LogP contribution in [0.4, 0.5) is 0 Å². The van der Waals surface area contributed by atoms with Crippen molar-refractivity contribution in [2.24, 2.45) is 0 Å². The van der Waals surface area contributed by atoms with E-state index in [1.54, 1.807) is 7.11 Å². The Kier molecular flexibility index (Phi) is 4.77. The van der Waals surface area contributed by atoms with Crippen LogP contribution in [-0.2, 0) is 4.79 Å². The Bertz CT molecular complexity index is 689. The van der Waals surface area contributed by atoms with Crippen LogP contribution in [-0.4, -0.2) is 13.0 Å². The van der Waals surface area contributed by atoms with Gasteiger partial charge in [-0.2, -0.15) is 0 Å². The number of hydrogen-bond donors (Lipinski definition) is 1. The number of methoxy groups -OCH3 is 1. The van der Waals surface area contributed by atoms with E-state index in [4.69, 9.17) is 4.74 Å². The number of rotatable bonds is 5. The number of amides is 1. The molecule has 3 nitrogen and oxygen atoms in total. The van der Waals surface area contributed by atoms with Crippen molar-refractivity contribution in [1.82, 2.24) is 5.32 Å².